The van der Waals surface area contributed by atoms with Crippen molar-refractivity contribution in [3.8, 4) is 5.75 Å². The number of benzene rings is 2. The lowest BCUT2D eigenvalue weighted by Gasteiger charge is -2.34. The van der Waals surface area contributed by atoms with Crippen molar-refractivity contribution in [2.24, 2.45) is 0 Å². The molecule has 0 aliphatic carbocycles. The average Bonchev–Trinajstić information content (AvgIpc) is 2.76. The molecule has 1 aliphatic rings. The SMILES string of the molecule is O=C(O)COc1cc(Cl)ccc1C(=O)NCCN1CCN(Cc2ccc(Cl)c(Cl)c2)CC1. The highest BCUT2D eigenvalue weighted by Gasteiger charge is 2.18. The van der Waals surface area contributed by atoms with Gasteiger partial charge in [-0.05, 0) is 35.9 Å². The second-order valence-corrected chi connectivity index (χ2v) is 8.70. The summed E-state index contributed by atoms with van der Waals surface area (Å²) >= 11 is 18.0. The van der Waals surface area contributed by atoms with Crippen LogP contribution in [0.4, 0.5) is 0 Å². The molecule has 0 saturated carbocycles. The van der Waals surface area contributed by atoms with Crippen LogP contribution in [0.15, 0.2) is 36.4 Å². The van der Waals surface area contributed by atoms with Crippen LogP contribution in [0.25, 0.3) is 0 Å². The Kier molecular flexibility index (Phi) is 9.02. The second-order valence-electron chi connectivity index (χ2n) is 7.45. The fraction of sp³-hybridized carbons (Fsp3) is 0.364. The summed E-state index contributed by atoms with van der Waals surface area (Å²) in [6, 6.07) is 10.2. The summed E-state index contributed by atoms with van der Waals surface area (Å²) in [5, 5.41) is 13.2. The van der Waals surface area contributed by atoms with E-state index in [0.717, 1.165) is 38.3 Å². The van der Waals surface area contributed by atoms with E-state index in [2.05, 4.69) is 15.1 Å². The van der Waals surface area contributed by atoms with Crippen LogP contribution in [0.3, 0.4) is 0 Å². The van der Waals surface area contributed by atoms with Crippen molar-refractivity contribution in [3.63, 3.8) is 0 Å². The lowest BCUT2D eigenvalue weighted by Crippen LogP contribution is -2.48. The van der Waals surface area contributed by atoms with Crippen molar-refractivity contribution in [3.05, 3.63) is 62.6 Å². The lowest BCUT2D eigenvalue weighted by molar-refractivity contribution is -0.139. The van der Waals surface area contributed by atoms with E-state index in [-0.39, 0.29) is 17.2 Å². The number of carboxylic acids is 1. The maximum atomic E-state index is 12.5. The first-order chi connectivity index (χ1) is 15.3. The number of carbonyl (C=O) groups is 2. The highest BCUT2D eigenvalue weighted by Crippen LogP contribution is 2.24. The third kappa shape index (κ3) is 7.25. The number of hydrogen-bond acceptors (Lipinski definition) is 5. The van der Waals surface area contributed by atoms with Gasteiger partial charge in [0.05, 0.1) is 15.6 Å². The monoisotopic (exact) mass is 499 g/mol. The molecule has 0 spiro atoms. The Hall–Kier alpha value is -2.03. The standard InChI is InChI=1S/C22H24Cl3N3O4/c23-16-2-3-17(20(12-16)32-14-21(29)30)22(31)26-5-6-27-7-9-28(10-8-27)13-15-1-4-18(24)19(25)11-15/h1-4,11-12H,5-10,13-14H2,(H,26,31)(H,29,30). The Morgan fingerprint density at radius 3 is 2.38 bits per heavy atom. The number of carboxylic acid groups (broad SMARTS) is 1. The fourth-order valence-electron chi connectivity index (χ4n) is 3.43. The quantitative estimate of drug-likeness (QED) is 0.547. The first-order valence-corrected chi connectivity index (χ1v) is 11.3. The minimum absolute atomic E-state index is 0.147. The summed E-state index contributed by atoms with van der Waals surface area (Å²) in [7, 11) is 0. The van der Waals surface area contributed by atoms with Crippen molar-refractivity contribution in [2.75, 3.05) is 45.9 Å². The summed E-state index contributed by atoms with van der Waals surface area (Å²) in [6.07, 6.45) is 0. The number of nitrogens with one attached hydrogen (secondary N) is 1. The smallest absolute Gasteiger partial charge is 0.341 e. The van der Waals surface area contributed by atoms with Crippen molar-refractivity contribution < 1.29 is 19.4 Å². The second kappa shape index (κ2) is 11.7. The van der Waals surface area contributed by atoms with Crippen LogP contribution in [-0.4, -0.2) is 72.7 Å². The number of piperazine rings is 1. The Morgan fingerprint density at radius 1 is 0.969 bits per heavy atom. The summed E-state index contributed by atoms with van der Waals surface area (Å²) < 4.78 is 5.19. The Balaban J connectivity index is 1.43. The van der Waals surface area contributed by atoms with E-state index in [1.807, 2.05) is 18.2 Å². The van der Waals surface area contributed by atoms with E-state index >= 15 is 0 Å². The number of amides is 1. The molecule has 1 saturated heterocycles. The average molecular weight is 501 g/mol. The molecule has 2 aromatic rings. The molecule has 32 heavy (non-hydrogen) atoms. The molecule has 172 valence electrons. The minimum Gasteiger partial charge on any atom is -0.481 e. The summed E-state index contributed by atoms with van der Waals surface area (Å²) in [5.41, 5.74) is 1.38. The van der Waals surface area contributed by atoms with Crippen LogP contribution >= 0.6 is 34.8 Å². The molecule has 3 rings (SSSR count). The first-order valence-electron chi connectivity index (χ1n) is 10.1. The Bertz CT molecular complexity index is 965. The van der Waals surface area contributed by atoms with Crippen LogP contribution in [0, 0.1) is 0 Å². The minimum atomic E-state index is -1.13. The molecule has 2 aromatic carbocycles. The number of halogens is 3. The van der Waals surface area contributed by atoms with Crippen LogP contribution in [-0.2, 0) is 11.3 Å². The van der Waals surface area contributed by atoms with Gasteiger partial charge in [-0.3, -0.25) is 14.6 Å². The van der Waals surface area contributed by atoms with E-state index in [1.54, 1.807) is 6.07 Å². The molecule has 0 radical (unpaired) electrons. The van der Waals surface area contributed by atoms with Crippen LogP contribution in [0.2, 0.25) is 15.1 Å². The maximum absolute atomic E-state index is 12.5. The van der Waals surface area contributed by atoms with Gasteiger partial charge >= 0.3 is 5.97 Å². The van der Waals surface area contributed by atoms with Crippen LogP contribution in [0.1, 0.15) is 15.9 Å². The summed E-state index contributed by atoms with van der Waals surface area (Å²) in [4.78, 5) is 27.9. The van der Waals surface area contributed by atoms with Crippen LogP contribution < -0.4 is 10.1 Å². The normalized spacial score (nSPS) is 14.8. The fourth-order valence-corrected chi connectivity index (χ4v) is 3.92. The molecule has 1 heterocycles. The van der Waals surface area contributed by atoms with E-state index in [4.69, 9.17) is 44.6 Å². The van der Waals surface area contributed by atoms with Gasteiger partial charge in [-0.15, -0.1) is 0 Å². The number of ether oxygens (including phenoxy) is 1. The van der Waals surface area contributed by atoms with Gasteiger partial charge in [0.25, 0.3) is 5.91 Å². The number of nitrogens with zero attached hydrogens (tertiary/aromatic N) is 2. The van der Waals surface area contributed by atoms with Gasteiger partial charge in [0.2, 0.25) is 0 Å². The molecule has 0 bridgehead atoms. The van der Waals surface area contributed by atoms with Crippen molar-refractivity contribution in [1.82, 2.24) is 15.1 Å². The zero-order valence-corrected chi connectivity index (χ0v) is 19.6. The third-order valence-electron chi connectivity index (χ3n) is 5.11. The van der Waals surface area contributed by atoms with E-state index in [9.17, 15) is 9.59 Å². The van der Waals surface area contributed by atoms with Crippen LogP contribution in [0.5, 0.6) is 5.75 Å². The number of rotatable bonds is 9. The van der Waals surface area contributed by atoms with Gasteiger partial charge in [-0.25, -0.2) is 4.79 Å². The molecule has 0 unspecified atom stereocenters. The largest absolute Gasteiger partial charge is 0.481 e. The molecule has 10 heteroatoms. The van der Waals surface area contributed by atoms with Crippen molar-refractivity contribution in [1.29, 1.82) is 0 Å². The number of aliphatic carboxylic acids is 1. The predicted molar refractivity (Wildman–Crippen MR) is 125 cm³/mol. The number of carbonyl (C=O) groups excluding carboxylic acids is 1. The topological polar surface area (TPSA) is 82.1 Å². The molecule has 1 fully saturated rings. The Labute approximate surface area is 201 Å². The van der Waals surface area contributed by atoms with Gasteiger partial charge in [-0.2, -0.15) is 0 Å². The lowest BCUT2D eigenvalue weighted by atomic mass is 10.2. The summed E-state index contributed by atoms with van der Waals surface area (Å²) in [5.74, 6) is -1.32. The molecular formula is C22H24Cl3N3O4. The number of hydrogen-bond donors (Lipinski definition) is 2. The van der Waals surface area contributed by atoms with Gasteiger partial charge in [0.15, 0.2) is 6.61 Å². The van der Waals surface area contributed by atoms with Crippen molar-refractivity contribution in [2.45, 2.75) is 6.54 Å². The van der Waals surface area contributed by atoms with E-state index < -0.39 is 12.6 Å². The van der Waals surface area contributed by atoms with Gasteiger partial charge in [0, 0.05) is 50.8 Å². The molecule has 7 nitrogen and oxygen atoms in total. The van der Waals surface area contributed by atoms with E-state index in [1.165, 1.54) is 12.1 Å². The van der Waals surface area contributed by atoms with Gasteiger partial charge < -0.3 is 15.2 Å². The van der Waals surface area contributed by atoms with E-state index in [0.29, 0.717) is 28.2 Å². The molecular weight excluding hydrogens is 477 g/mol. The Morgan fingerprint density at radius 2 is 1.69 bits per heavy atom. The molecule has 0 aromatic heterocycles. The predicted octanol–water partition coefficient (Wildman–Crippen LogP) is 3.66. The molecule has 2 N–H and O–H groups in total. The maximum Gasteiger partial charge on any atom is 0.341 e. The van der Waals surface area contributed by atoms with Gasteiger partial charge in [0.1, 0.15) is 5.75 Å². The molecule has 1 amide bonds. The highest BCUT2D eigenvalue weighted by atomic mass is 35.5. The first kappa shape index (κ1) is 24.6. The van der Waals surface area contributed by atoms with Gasteiger partial charge in [-0.1, -0.05) is 40.9 Å². The third-order valence-corrected chi connectivity index (χ3v) is 6.08. The zero-order valence-electron chi connectivity index (χ0n) is 17.3. The summed E-state index contributed by atoms with van der Waals surface area (Å²) in [6.45, 7) is 5.06. The highest BCUT2D eigenvalue weighted by molar-refractivity contribution is 6.42. The van der Waals surface area contributed by atoms with Crippen molar-refractivity contribution >= 4 is 46.7 Å². The molecule has 0 atom stereocenters. The molecule has 1 aliphatic heterocycles. The zero-order chi connectivity index (χ0) is 23.1.